The van der Waals surface area contributed by atoms with Crippen LogP contribution in [0.3, 0.4) is 0 Å². The molecule has 12 nitrogen and oxygen atoms in total. The molecule has 4 N–H and O–H groups in total. The van der Waals surface area contributed by atoms with Crippen LogP contribution in [0.1, 0.15) is 56.8 Å². The molecule has 180 valence electrons. The van der Waals surface area contributed by atoms with Gasteiger partial charge in [-0.05, 0) is 31.4 Å². The summed E-state index contributed by atoms with van der Waals surface area (Å²) in [6, 6.07) is 3.94. The second kappa shape index (κ2) is 9.05. The van der Waals surface area contributed by atoms with Crippen molar-refractivity contribution in [1.29, 1.82) is 0 Å². The van der Waals surface area contributed by atoms with Gasteiger partial charge in [0.05, 0.1) is 11.1 Å². The number of imide groups is 2. The molecule has 0 bridgehead atoms. The topological polar surface area (TPSA) is 158 Å². The molecular formula is C23H23N7O5. The number of amides is 5. The van der Waals surface area contributed by atoms with Crippen molar-refractivity contribution in [2.75, 3.05) is 18.4 Å². The summed E-state index contributed by atoms with van der Waals surface area (Å²) in [6.45, 7) is 0.979. The van der Waals surface area contributed by atoms with E-state index in [0.29, 0.717) is 42.8 Å². The summed E-state index contributed by atoms with van der Waals surface area (Å²) >= 11 is 0. The molecular weight excluding hydrogens is 454 g/mol. The number of piperidine rings is 1. The summed E-state index contributed by atoms with van der Waals surface area (Å²) < 4.78 is 1.66. The summed E-state index contributed by atoms with van der Waals surface area (Å²) in [4.78, 5) is 67.1. The van der Waals surface area contributed by atoms with Crippen molar-refractivity contribution < 1.29 is 24.0 Å². The number of rotatable bonds is 8. The van der Waals surface area contributed by atoms with Crippen LogP contribution in [0, 0.1) is 0 Å². The quantitative estimate of drug-likeness (QED) is 0.274. The molecule has 12 heteroatoms. The second-order valence-corrected chi connectivity index (χ2v) is 8.37. The lowest BCUT2D eigenvalue weighted by Gasteiger charge is -2.27. The molecule has 1 aromatic carbocycles. The second-order valence-electron chi connectivity index (χ2n) is 8.37. The Morgan fingerprint density at radius 2 is 1.94 bits per heavy atom. The minimum atomic E-state index is -1.00. The largest absolute Gasteiger partial charge is 0.384 e. The molecule has 0 saturated carbocycles. The molecule has 0 radical (unpaired) electrons. The van der Waals surface area contributed by atoms with Gasteiger partial charge in [0.2, 0.25) is 11.8 Å². The highest BCUT2D eigenvalue weighted by atomic mass is 16.2. The molecule has 1 fully saturated rings. The lowest BCUT2D eigenvalue weighted by atomic mass is 10.0. The normalized spacial score (nSPS) is 17.6. The zero-order valence-corrected chi connectivity index (χ0v) is 18.7. The number of unbranched alkanes of at least 4 members (excludes halogenated alkanes) is 1. The number of imidazole rings is 1. The van der Waals surface area contributed by atoms with E-state index in [2.05, 4.69) is 26.0 Å². The number of hydrogen-bond acceptors (Lipinski definition) is 7. The number of fused-ring (bicyclic) bond motifs is 2. The van der Waals surface area contributed by atoms with E-state index in [1.165, 1.54) is 0 Å². The maximum Gasteiger partial charge on any atom is 0.264 e. The van der Waals surface area contributed by atoms with Crippen molar-refractivity contribution in [3.63, 3.8) is 0 Å². The van der Waals surface area contributed by atoms with Gasteiger partial charge in [-0.25, -0.2) is 9.50 Å². The highest BCUT2D eigenvalue weighted by Gasteiger charge is 2.45. The smallest absolute Gasteiger partial charge is 0.264 e. The van der Waals surface area contributed by atoms with Gasteiger partial charge in [0, 0.05) is 43.8 Å². The fraction of sp³-hybridized carbons (Fsp3) is 0.304. The number of aromatic nitrogens is 3. The first-order chi connectivity index (χ1) is 17.0. The van der Waals surface area contributed by atoms with Crippen LogP contribution in [0.4, 0.5) is 5.69 Å². The van der Waals surface area contributed by atoms with E-state index in [9.17, 15) is 24.0 Å². The number of nitrogens with zero attached hydrogens (tertiary/aromatic N) is 3. The Morgan fingerprint density at radius 1 is 1.11 bits per heavy atom. The maximum absolute atomic E-state index is 13.1. The summed E-state index contributed by atoms with van der Waals surface area (Å²) in [5, 5.41) is 11.2. The van der Waals surface area contributed by atoms with E-state index in [1.807, 2.05) is 0 Å². The zero-order chi connectivity index (χ0) is 24.5. The summed E-state index contributed by atoms with van der Waals surface area (Å²) in [6.07, 6.45) is 6.51. The van der Waals surface area contributed by atoms with Crippen LogP contribution in [-0.2, 0) is 9.59 Å². The number of carbonyl (C=O) groups excluding carboxylic acids is 5. The molecule has 3 aromatic rings. The monoisotopic (exact) mass is 477 g/mol. The fourth-order valence-corrected chi connectivity index (χ4v) is 4.41. The molecule has 5 rings (SSSR count). The zero-order valence-electron chi connectivity index (χ0n) is 18.7. The molecule has 35 heavy (non-hydrogen) atoms. The van der Waals surface area contributed by atoms with E-state index in [0.717, 1.165) is 4.90 Å². The van der Waals surface area contributed by atoms with Crippen LogP contribution < -0.4 is 16.0 Å². The van der Waals surface area contributed by atoms with Gasteiger partial charge in [-0.1, -0.05) is 6.07 Å². The number of benzene rings is 1. The first-order valence-electron chi connectivity index (χ1n) is 11.3. The number of carbonyl (C=O) groups is 5. The van der Waals surface area contributed by atoms with E-state index in [-0.39, 0.29) is 29.9 Å². The average Bonchev–Trinajstić information content (AvgIpc) is 3.52. The Labute approximate surface area is 199 Å². The van der Waals surface area contributed by atoms with Crippen LogP contribution in [0.25, 0.3) is 5.65 Å². The predicted octanol–water partition coefficient (Wildman–Crippen LogP) is 0.686. The number of aromatic amines is 1. The SMILES string of the molecule is O=C1CCC(N2C(=O)c3cccc(NCCCCNC(=O)c4c[nH]n5ccnc45)c3C2=O)C(=O)N1. The molecule has 5 amide bonds. The lowest BCUT2D eigenvalue weighted by molar-refractivity contribution is -0.136. The van der Waals surface area contributed by atoms with Crippen molar-refractivity contribution >= 4 is 40.9 Å². The fourth-order valence-electron chi connectivity index (χ4n) is 4.41. The van der Waals surface area contributed by atoms with Crippen LogP contribution in [0.5, 0.6) is 0 Å². The first kappa shape index (κ1) is 22.3. The Bertz CT molecular complexity index is 1360. The van der Waals surface area contributed by atoms with Gasteiger partial charge in [-0.2, -0.15) is 0 Å². The van der Waals surface area contributed by atoms with Crippen LogP contribution in [0.15, 0.2) is 36.8 Å². The van der Waals surface area contributed by atoms with E-state index in [4.69, 9.17) is 0 Å². The molecule has 2 aromatic heterocycles. The highest BCUT2D eigenvalue weighted by Crippen LogP contribution is 2.32. The van der Waals surface area contributed by atoms with Crippen molar-refractivity contribution in [1.82, 2.24) is 30.1 Å². The van der Waals surface area contributed by atoms with Crippen molar-refractivity contribution in [2.24, 2.45) is 0 Å². The molecule has 2 aliphatic heterocycles. The van der Waals surface area contributed by atoms with Gasteiger partial charge < -0.3 is 10.6 Å². The van der Waals surface area contributed by atoms with Crippen molar-refractivity contribution in [2.45, 2.75) is 31.7 Å². The van der Waals surface area contributed by atoms with Crippen molar-refractivity contribution in [3.05, 3.63) is 53.5 Å². The first-order valence-corrected chi connectivity index (χ1v) is 11.3. The van der Waals surface area contributed by atoms with Gasteiger partial charge in [0.1, 0.15) is 11.6 Å². The third kappa shape index (κ3) is 4.03. The van der Waals surface area contributed by atoms with Gasteiger partial charge in [0.15, 0.2) is 5.65 Å². The summed E-state index contributed by atoms with van der Waals surface area (Å²) in [7, 11) is 0. The summed E-state index contributed by atoms with van der Waals surface area (Å²) in [5.41, 5.74) is 2.00. The molecule has 0 spiro atoms. The van der Waals surface area contributed by atoms with Crippen LogP contribution in [0.2, 0.25) is 0 Å². The third-order valence-corrected chi connectivity index (χ3v) is 6.15. The molecule has 1 atom stereocenters. The van der Waals surface area contributed by atoms with E-state index < -0.39 is 29.7 Å². The van der Waals surface area contributed by atoms with Gasteiger partial charge >= 0.3 is 0 Å². The van der Waals surface area contributed by atoms with Crippen LogP contribution >= 0.6 is 0 Å². The summed E-state index contributed by atoms with van der Waals surface area (Å²) in [5.74, 6) is -2.35. The number of anilines is 1. The van der Waals surface area contributed by atoms with Gasteiger partial charge in [-0.3, -0.25) is 39.3 Å². The minimum absolute atomic E-state index is 0.0719. The number of hydrogen-bond donors (Lipinski definition) is 4. The molecule has 1 unspecified atom stereocenters. The van der Waals surface area contributed by atoms with Crippen molar-refractivity contribution in [3.8, 4) is 0 Å². The highest BCUT2D eigenvalue weighted by molar-refractivity contribution is 6.25. The molecule has 2 aliphatic rings. The standard InChI is InChI=1S/C23H23N7O5/c31-17-7-6-16(21(33)28-17)30-22(34)13-4-3-5-15(18(13)23(30)35)24-8-1-2-9-26-20(32)14-12-27-29-11-10-25-19(14)29/h3-5,10-12,16,24,27H,1-2,6-9H2,(H,26,32)(H,28,31,33). The molecule has 4 heterocycles. The van der Waals surface area contributed by atoms with E-state index in [1.54, 1.807) is 41.3 Å². The Morgan fingerprint density at radius 3 is 2.77 bits per heavy atom. The Kier molecular flexibility index (Phi) is 5.77. The third-order valence-electron chi connectivity index (χ3n) is 6.15. The molecule has 1 saturated heterocycles. The predicted molar refractivity (Wildman–Crippen MR) is 123 cm³/mol. The van der Waals surface area contributed by atoms with Gasteiger partial charge in [-0.15, -0.1) is 0 Å². The Hall–Kier alpha value is -4.48. The molecule has 0 aliphatic carbocycles. The van der Waals surface area contributed by atoms with Gasteiger partial charge in [0.25, 0.3) is 17.7 Å². The minimum Gasteiger partial charge on any atom is -0.384 e. The Balaban J connectivity index is 1.15. The maximum atomic E-state index is 13.1. The number of nitrogens with one attached hydrogen (secondary N) is 4. The van der Waals surface area contributed by atoms with E-state index >= 15 is 0 Å². The number of H-pyrrole nitrogens is 1. The average molecular weight is 477 g/mol. The van der Waals surface area contributed by atoms with Crippen LogP contribution in [-0.4, -0.2) is 68.2 Å². The lowest BCUT2D eigenvalue weighted by Crippen LogP contribution is -2.54.